The van der Waals surface area contributed by atoms with E-state index in [2.05, 4.69) is 5.10 Å². The number of rotatable bonds is 4. The summed E-state index contributed by atoms with van der Waals surface area (Å²) in [4.78, 5) is 29.0. The van der Waals surface area contributed by atoms with E-state index in [9.17, 15) is 9.59 Å². The molecule has 29 heavy (non-hydrogen) atoms. The zero-order valence-corrected chi connectivity index (χ0v) is 16.2. The Kier molecular flexibility index (Phi) is 5.29. The molecule has 1 fully saturated rings. The standard InChI is InChI=1S/C22H22N4O3/c1-29-19-9-5-6-17(16-19)21(27)24-12-14-25(15-13-24)22(28)20-10-11-26(23-20)18-7-3-2-4-8-18/h2-11,16H,12-15H2,1H3. The highest BCUT2D eigenvalue weighted by molar-refractivity contribution is 5.95. The first-order valence-corrected chi connectivity index (χ1v) is 9.49. The summed E-state index contributed by atoms with van der Waals surface area (Å²) >= 11 is 0. The molecule has 0 aliphatic carbocycles. The van der Waals surface area contributed by atoms with Gasteiger partial charge in [0.25, 0.3) is 11.8 Å². The van der Waals surface area contributed by atoms with Crippen LogP contribution in [-0.2, 0) is 0 Å². The molecule has 0 spiro atoms. The van der Waals surface area contributed by atoms with Gasteiger partial charge in [-0.05, 0) is 36.4 Å². The van der Waals surface area contributed by atoms with Gasteiger partial charge in [0, 0.05) is 37.9 Å². The maximum atomic E-state index is 12.8. The summed E-state index contributed by atoms with van der Waals surface area (Å²) in [7, 11) is 1.58. The van der Waals surface area contributed by atoms with E-state index in [0.29, 0.717) is 43.2 Å². The van der Waals surface area contributed by atoms with Gasteiger partial charge in [0.2, 0.25) is 0 Å². The summed E-state index contributed by atoms with van der Waals surface area (Å²) in [5, 5.41) is 4.41. The Morgan fingerprint density at radius 1 is 0.862 bits per heavy atom. The number of amides is 2. The molecule has 3 aromatic rings. The third-order valence-electron chi connectivity index (χ3n) is 5.00. The molecule has 0 unspecified atom stereocenters. The van der Waals surface area contributed by atoms with Crippen molar-refractivity contribution in [3.05, 3.63) is 78.1 Å². The lowest BCUT2D eigenvalue weighted by atomic mass is 10.1. The number of carbonyl (C=O) groups is 2. The number of methoxy groups -OCH3 is 1. The average molecular weight is 390 g/mol. The second-order valence-electron chi connectivity index (χ2n) is 6.80. The van der Waals surface area contributed by atoms with Crippen LogP contribution >= 0.6 is 0 Å². The molecule has 2 amide bonds. The largest absolute Gasteiger partial charge is 0.497 e. The summed E-state index contributed by atoms with van der Waals surface area (Å²) in [6, 6.07) is 18.5. The number of aromatic nitrogens is 2. The van der Waals surface area contributed by atoms with Crippen molar-refractivity contribution in [3.8, 4) is 11.4 Å². The fourth-order valence-electron chi connectivity index (χ4n) is 3.38. The Morgan fingerprint density at radius 2 is 1.55 bits per heavy atom. The zero-order chi connectivity index (χ0) is 20.2. The minimum Gasteiger partial charge on any atom is -0.497 e. The van der Waals surface area contributed by atoms with Crippen molar-refractivity contribution in [2.45, 2.75) is 0 Å². The lowest BCUT2D eigenvalue weighted by Gasteiger charge is -2.34. The van der Waals surface area contributed by atoms with E-state index >= 15 is 0 Å². The van der Waals surface area contributed by atoms with Crippen molar-refractivity contribution >= 4 is 11.8 Å². The van der Waals surface area contributed by atoms with E-state index < -0.39 is 0 Å². The normalized spacial score (nSPS) is 14.0. The van der Waals surface area contributed by atoms with E-state index in [0.717, 1.165) is 5.69 Å². The fourth-order valence-corrected chi connectivity index (χ4v) is 3.38. The maximum Gasteiger partial charge on any atom is 0.274 e. The van der Waals surface area contributed by atoms with Crippen LogP contribution in [0.5, 0.6) is 5.75 Å². The number of carbonyl (C=O) groups excluding carboxylic acids is 2. The molecule has 1 saturated heterocycles. The van der Waals surface area contributed by atoms with Gasteiger partial charge in [-0.25, -0.2) is 4.68 Å². The quantitative estimate of drug-likeness (QED) is 0.686. The summed E-state index contributed by atoms with van der Waals surface area (Å²) < 4.78 is 6.88. The van der Waals surface area contributed by atoms with Crippen LogP contribution in [0.4, 0.5) is 0 Å². The second-order valence-corrected chi connectivity index (χ2v) is 6.80. The van der Waals surface area contributed by atoms with Crippen LogP contribution in [-0.4, -0.2) is 64.7 Å². The van der Waals surface area contributed by atoms with Gasteiger partial charge in [-0.3, -0.25) is 9.59 Å². The molecule has 0 bridgehead atoms. The summed E-state index contributed by atoms with van der Waals surface area (Å²) in [5.41, 5.74) is 1.90. The van der Waals surface area contributed by atoms with E-state index in [-0.39, 0.29) is 11.8 Å². The van der Waals surface area contributed by atoms with Crippen LogP contribution in [0.25, 0.3) is 5.69 Å². The van der Waals surface area contributed by atoms with Gasteiger partial charge in [0.05, 0.1) is 12.8 Å². The van der Waals surface area contributed by atoms with Crippen LogP contribution in [0, 0.1) is 0 Å². The highest BCUT2D eigenvalue weighted by Crippen LogP contribution is 2.16. The van der Waals surface area contributed by atoms with Crippen molar-refractivity contribution in [2.75, 3.05) is 33.3 Å². The van der Waals surface area contributed by atoms with Crippen LogP contribution < -0.4 is 4.74 Å². The number of hydrogen-bond acceptors (Lipinski definition) is 4. The smallest absolute Gasteiger partial charge is 0.274 e. The SMILES string of the molecule is COc1cccc(C(=O)N2CCN(C(=O)c3ccn(-c4ccccc4)n3)CC2)c1. The number of benzene rings is 2. The second kappa shape index (κ2) is 8.18. The molecule has 0 radical (unpaired) electrons. The number of nitrogens with zero attached hydrogens (tertiary/aromatic N) is 4. The van der Waals surface area contributed by atoms with Gasteiger partial charge < -0.3 is 14.5 Å². The van der Waals surface area contributed by atoms with Crippen molar-refractivity contribution in [3.63, 3.8) is 0 Å². The van der Waals surface area contributed by atoms with E-state index in [1.807, 2.05) is 36.4 Å². The maximum absolute atomic E-state index is 12.8. The first kappa shape index (κ1) is 18.7. The van der Waals surface area contributed by atoms with Gasteiger partial charge >= 0.3 is 0 Å². The number of piperazine rings is 1. The lowest BCUT2D eigenvalue weighted by Crippen LogP contribution is -2.50. The summed E-state index contributed by atoms with van der Waals surface area (Å²) in [6.07, 6.45) is 1.78. The predicted molar refractivity (Wildman–Crippen MR) is 108 cm³/mol. The monoisotopic (exact) mass is 390 g/mol. The van der Waals surface area contributed by atoms with Crippen LogP contribution in [0.3, 0.4) is 0 Å². The molecule has 2 aromatic carbocycles. The molecule has 7 nitrogen and oxygen atoms in total. The first-order valence-electron chi connectivity index (χ1n) is 9.49. The highest BCUT2D eigenvalue weighted by Gasteiger charge is 2.26. The lowest BCUT2D eigenvalue weighted by molar-refractivity contribution is 0.0532. The van der Waals surface area contributed by atoms with Crippen LogP contribution in [0.1, 0.15) is 20.8 Å². The van der Waals surface area contributed by atoms with Gasteiger partial charge in [-0.2, -0.15) is 5.10 Å². The molecule has 7 heteroatoms. The first-order chi connectivity index (χ1) is 14.2. The van der Waals surface area contributed by atoms with E-state index in [4.69, 9.17) is 4.74 Å². The van der Waals surface area contributed by atoms with Crippen molar-refractivity contribution in [1.29, 1.82) is 0 Å². The minimum atomic E-state index is -0.117. The predicted octanol–water partition coefficient (Wildman–Crippen LogP) is 2.48. The van der Waals surface area contributed by atoms with E-state index in [1.165, 1.54) is 0 Å². The zero-order valence-electron chi connectivity index (χ0n) is 16.2. The number of para-hydroxylation sites is 1. The molecule has 1 aliphatic heterocycles. The molecule has 1 aliphatic rings. The molecule has 2 heterocycles. The van der Waals surface area contributed by atoms with Crippen molar-refractivity contribution in [1.82, 2.24) is 19.6 Å². The Morgan fingerprint density at radius 3 is 2.24 bits per heavy atom. The minimum absolute atomic E-state index is 0.0515. The Hall–Kier alpha value is -3.61. The highest BCUT2D eigenvalue weighted by atomic mass is 16.5. The molecule has 0 N–H and O–H groups in total. The molecular formula is C22H22N4O3. The number of ether oxygens (including phenoxy) is 1. The van der Waals surface area contributed by atoms with Gasteiger partial charge in [0.1, 0.15) is 5.75 Å². The Bertz CT molecular complexity index is 1010. The summed E-state index contributed by atoms with van der Waals surface area (Å²) in [6.45, 7) is 1.93. The van der Waals surface area contributed by atoms with E-state index in [1.54, 1.807) is 52.1 Å². The molecule has 148 valence electrons. The molecule has 4 rings (SSSR count). The van der Waals surface area contributed by atoms with Crippen molar-refractivity contribution < 1.29 is 14.3 Å². The van der Waals surface area contributed by atoms with Gasteiger partial charge in [-0.15, -0.1) is 0 Å². The third kappa shape index (κ3) is 3.99. The van der Waals surface area contributed by atoms with Gasteiger partial charge in [-0.1, -0.05) is 24.3 Å². The van der Waals surface area contributed by atoms with Crippen molar-refractivity contribution in [2.24, 2.45) is 0 Å². The summed E-state index contributed by atoms with van der Waals surface area (Å²) in [5.74, 6) is 0.483. The average Bonchev–Trinajstić information content (AvgIpc) is 3.29. The Labute approximate surface area is 169 Å². The molecule has 1 aromatic heterocycles. The van der Waals surface area contributed by atoms with Gasteiger partial charge in [0.15, 0.2) is 5.69 Å². The number of hydrogen-bond donors (Lipinski definition) is 0. The Balaban J connectivity index is 1.39. The van der Waals surface area contributed by atoms with Crippen LogP contribution in [0.15, 0.2) is 66.9 Å². The fraction of sp³-hybridized carbons (Fsp3) is 0.227. The molecule has 0 saturated carbocycles. The molecule has 0 atom stereocenters. The molecular weight excluding hydrogens is 368 g/mol. The topological polar surface area (TPSA) is 67.7 Å². The third-order valence-corrected chi connectivity index (χ3v) is 5.00. The van der Waals surface area contributed by atoms with Crippen LogP contribution in [0.2, 0.25) is 0 Å².